The van der Waals surface area contributed by atoms with Crippen LogP contribution in [0.15, 0.2) is 60.9 Å². The number of hydrogen-bond acceptors (Lipinski definition) is 5. The van der Waals surface area contributed by atoms with Gasteiger partial charge in [0.1, 0.15) is 29.7 Å². The Hall–Kier alpha value is -3.67. The Morgan fingerprint density at radius 3 is 2.77 bits per heavy atom. The highest BCUT2D eigenvalue weighted by Gasteiger charge is 2.23. The van der Waals surface area contributed by atoms with E-state index in [1.807, 2.05) is 24.4 Å². The first-order valence-electron chi connectivity index (χ1n) is 9.84. The Labute approximate surface area is 174 Å². The predicted molar refractivity (Wildman–Crippen MR) is 115 cm³/mol. The average Bonchev–Trinajstić information content (AvgIpc) is 2.76. The lowest BCUT2D eigenvalue weighted by Gasteiger charge is -2.24. The topological polar surface area (TPSA) is 74.2 Å². The van der Waals surface area contributed by atoms with Crippen LogP contribution in [0.4, 0.5) is 15.9 Å². The van der Waals surface area contributed by atoms with E-state index < -0.39 is 6.04 Å². The number of benzene rings is 2. The van der Waals surface area contributed by atoms with Gasteiger partial charge in [-0.3, -0.25) is 0 Å². The van der Waals surface area contributed by atoms with Crippen molar-refractivity contribution in [3.63, 3.8) is 0 Å². The summed E-state index contributed by atoms with van der Waals surface area (Å²) in [5.41, 5.74) is 4.59. The second kappa shape index (κ2) is 8.78. The Morgan fingerprint density at radius 2 is 2.00 bits per heavy atom. The minimum Gasteiger partial charge on any atom is -0.508 e. The van der Waals surface area contributed by atoms with E-state index in [0.29, 0.717) is 11.5 Å². The molecule has 0 radical (unpaired) electrons. The van der Waals surface area contributed by atoms with Crippen LogP contribution in [-0.2, 0) is 17.6 Å². The van der Waals surface area contributed by atoms with Gasteiger partial charge in [-0.2, -0.15) is 0 Å². The molecule has 30 heavy (non-hydrogen) atoms. The lowest BCUT2D eigenvalue weighted by Crippen LogP contribution is -2.23. The van der Waals surface area contributed by atoms with Crippen molar-refractivity contribution in [2.45, 2.75) is 25.3 Å². The van der Waals surface area contributed by atoms with E-state index in [4.69, 9.17) is 0 Å². The molecule has 2 heterocycles. The molecule has 3 aromatic rings. The number of hydrogen-bond donors (Lipinski definition) is 3. The molecule has 1 aliphatic rings. The van der Waals surface area contributed by atoms with Gasteiger partial charge >= 0.3 is 0 Å². The molecule has 1 atom stereocenters. The molecule has 5 nitrogen and oxygen atoms in total. The van der Waals surface area contributed by atoms with E-state index in [1.54, 1.807) is 30.5 Å². The fraction of sp³-hybridized carbons (Fsp3) is 0.167. The van der Waals surface area contributed by atoms with Gasteiger partial charge in [-0.25, -0.2) is 9.37 Å². The van der Waals surface area contributed by atoms with Gasteiger partial charge in [0.05, 0.1) is 0 Å². The predicted octanol–water partition coefficient (Wildman–Crippen LogP) is 4.66. The number of rotatable bonds is 7. The van der Waals surface area contributed by atoms with Crippen molar-refractivity contribution >= 4 is 23.9 Å². The molecule has 3 N–H and O–H groups in total. The SMILES string of the molecule is O=CC1NC=Cc2c(CCCc3cccc(O)c3)cnc(Nc3ccc(F)cc3)c21. The number of nitrogens with zero attached hydrogens (tertiary/aromatic N) is 1. The maximum atomic E-state index is 13.2. The lowest BCUT2D eigenvalue weighted by molar-refractivity contribution is -0.109. The molecule has 1 unspecified atom stereocenters. The molecule has 1 aromatic heterocycles. The van der Waals surface area contributed by atoms with Crippen LogP contribution < -0.4 is 10.6 Å². The summed E-state index contributed by atoms with van der Waals surface area (Å²) in [4.78, 5) is 16.3. The highest BCUT2D eigenvalue weighted by Crippen LogP contribution is 2.33. The van der Waals surface area contributed by atoms with Gasteiger partial charge in [0.2, 0.25) is 0 Å². The summed E-state index contributed by atoms with van der Waals surface area (Å²) in [6, 6.07) is 12.8. The molecule has 0 saturated carbocycles. The number of halogens is 1. The fourth-order valence-corrected chi connectivity index (χ4v) is 3.68. The number of nitrogens with one attached hydrogen (secondary N) is 2. The Morgan fingerprint density at radius 1 is 1.17 bits per heavy atom. The molecule has 0 amide bonds. The average molecular weight is 403 g/mol. The first kappa shape index (κ1) is 19.6. The van der Waals surface area contributed by atoms with E-state index in [-0.39, 0.29) is 11.6 Å². The van der Waals surface area contributed by atoms with E-state index in [1.165, 1.54) is 12.1 Å². The number of aromatic hydroxyl groups is 1. The van der Waals surface area contributed by atoms with Crippen molar-refractivity contribution in [3.05, 3.63) is 89.0 Å². The number of phenols is 1. The molecule has 2 aromatic carbocycles. The number of aromatic nitrogens is 1. The quantitative estimate of drug-likeness (QED) is 0.501. The largest absolute Gasteiger partial charge is 0.508 e. The van der Waals surface area contributed by atoms with Crippen LogP contribution in [0.1, 0.15) is 34.7 Å². The zero-order valence-corrected chi connectivity index (χ0v) is 16.3. The molecule has 0 bridgehead atoms. The number of pyridine rings is 1. The zero-order valence-electron chi connectivity index (χ0n) is 16.3. The van der Waals surface area contributed by atoms with Gasteiger partial charge in [0.15, 0.2) is 0 Å². The third-order valence-electron chi connectivity index (χ3n) is 5.14. The molecule has 6 heteroatoms. The van der Waals surface area contributed by atoms with Crippen molar-refractivity contribution in [2.24, 2.45) is 0 Å². The summed E-state index contributed by atoms with van der Waals surface area (Å²) in [7, 11) is 0. The van der Waals surface area contributed by atoms with Crippen LogP contribution >= 0.6 is 0 Å². The van der Waals surface area contributed by atoms with Gasteiger partial charge < -0.3 is 20.5 Å². The summed E-state index contributed by atoms with van der Waals surface area (Å²) < 4.78 is 13.2. The van der Waals surface area contributed by atoms with Crippen molar-refractivity contribution in [1.29, 1.82) is 0 Å². The van der Waals surface area contributed by atoms with E-state index in [9.17, 15) is 14.3 Å². The van der Waals surface area contributed by atoms with Crippen LogP contribution in [0.5, 0.6) is 5.75 Å². The molecule has 0 aliphatic carbocycles. The Balaban J connectivity index is 1.58. The summed E-state index contributed by atoms with van der Waals surface area (Å²) >= 11 is 0. The summed E-state index contributed by atoms with van der Waals surface area (Å²) in [6.45, 7) is 0. The highest BCUT2D eigenvalue weighted by molar-refractivity contribution is 5.78. The third-order valence-corrected chi connectivity index (χ3v) is 5.14. The Bertz CT molecular complexity index is 1080. The minimum atomic E-state index is -0.508. The number of aryl methyl sites for hydroxylation is 2. The molecule has 1 aliphatic heterocycles. The molecule has 4 rings (SSSR count). The number of carbonyl (C=O) groups excluding carboxylic acids is 1. The normalized spacial score (nSPS) is 14.6. The standard InChI is InChI=1S/C24H22FN3O2/c25-18-7-9-19(10-8-18)28-24-23-21(11-12-26-22(23)15-29)17(14-27-24)5-1-3-16-4-2-6-20(30)13-16/h2,4,6-15,22,26,30H,1,3,5H2,(H,27,28). The second-order valence-electron chi connectivity index (χ2n) is 7.23. The maximum Gasteiger partial charge on any atom is 0.146 e. The van der Waals surface area contributed by atoms with Crippen LogP contribution in [0.25, 0.3) is 6.08 Å². The first-order chi connectivity index (χ1) is 14.6. The molecule has 152 valence electrons. The number of phenolic OH excluding ortho intramolecular Hbond substituents is 1. The Kier molecular flexibility index (Phi) is 5.75. The van der Waals surface area contributed by atoms with Crippen LogP contribution in [-0.4, -0.2) is 16.4 Å². The van der Waals surface area contributed by atoms with Gasteiger partial charge in [-0.1, -0.05) is 12.1 Å². The van der Waals surface area contributed by atoms with Gasteiger partial charge in [0.25, 0.3) is 0 Å². The fourth-order valence-electron chi connectivity index (χ4n) is 3.68. The number of anilines is 2. The number of fused-ring (bicyclic) bond motifs is 1. The molecular weight excluding hydrogens is 381 g/mol. The minimum absolute atomic E-state index is 0.269. The smallest absolute Gasteiger partial charge is 0.146 e. The van der Waals surface area contributed by atoms with Crippen LogP contribution in [0, 0.1) is 5.82 Å². The van der Waals surface area contributed by atoms with Crippen molar-refractivity contribution < 1.29 is 14.3 Å². The van der Waals surface area contributed by atoms with Gasteiger partial charge in [0, 0.05) is 17.4 Å². The first-order valence-corrected chi connectivity index (χ1v) is 9.84. The molecule has 0 fully saturated rings. The molecular formula is C24H22FN3O2. The summed E-state index contributed by atoms with van der Waals surface area (Å²) in [5, 5.41) is 15.9. The van der Waals surface area contributed by atoms with Crippen LogP contribution in [0.2, 0.25) is 0 Å². The van der Waals surface area contributed by atoms with Crippen LogP contribution in [0.3, 0.4) is 0 Å². The third kappa shape index (κ3) is 4.33. The van der Waals surface area contributed by atoms with Crippen molar-refractivity contribution in [3.8, 4) is 5.75 Å². The number of carbonyl (C=O) groups is 1. The van der Waals surface area contributed by atoms with Gasteiger partial charge in [-0.15, -0.1) is 0 Å². The molecule has 0 spiro atoms. The van der Waals surface area contributed by atoms with Crippen molar-refractivity contribution in [1.82, 2.24) is 10.3 Å². The van der Waals surface area contributed by atoms with E-state index in [0.717, 1.165) is 47.8 Å². The van der Waals surface area contributed by atoms with E-state index >= 15 is 0 Å². The van der Waals surface area contributed by atoms with Gasteiger partial charge in [-0.05, 0) is 84.6 Å². The summed E-state index contributed by atoms with van der Waals surface area (Å²) in [6.07, 6.45) is 8.92. The van der Waals surface area contributed by atoms with E-state index in [2.05, 4.69) is 15.6 Å². The van der Waals surface area contributed by atoms with Crippen molar-refractivity contribution in [2.75, 3.05) is 5.32 Å². The second-order valence-corrected chi connectivity index (χ2v) is 7.23. The monoisotopic (exact) mass is 403 g/mol. The molecule has 0 saturated heterocycles. The maximum absolute atomic E-state index is 13.2. The summed E-state index contributed by atoms with van der Waals surface area (Å²) in [5.74, 6) is 0.529. The lowest BCUT2D eigenvalue weighted by atomic mass is 9.92. The highest BCUT2D eigenvalue weighted by atomic mass is 19.1. The number of aldehydes is 1. The zero-order chi connectivity index (χ0) is 20.9.